The van der Waals surface area contributed by atoms with Crippen molar-refractivity contribution in [3.8, 4) is 0 Å². The number of nitrogens with zero attached hydrogens (tertiary/aromatic N) is 2. The Labute approximate surface area is 144 Å². The first-order chi connectivity index (χ1) is 11.2. The topological polar surface area (TPSA) is 67.2 Å². The molecule has 0 radical (unpaired) electrons. The number of imidazole rings is 1. The number of aromatic nitrogens is 2. The predicted octanol–water partition coefficient (Wildman–Crippen LogP) is 2.60. The Bertz CT molecular complexity index is 700. The molecule has 0 unspecified atom stereocenters. The van der Waals surface area contributed by atoms with Gasteiger partial charge in [-0.2, -0.15) is 0 Å². The first kappa shape index (κ1) is 16.4. The van der Waals surface area contributed by atoms with Gasteiger partial charge in [-0.25, -0.2) is 4.98 Å². The molecule has 2 N–H and O–H groups in total. The van der Waals surface area contributed by atoms with E-state index in [4.69, 9.17) is 11.6 Å². The first-order valence-corrected chi connectivity index (χ1v) is 8.84. The van der Waals surface area contributed by atoms with Gasteiger partial charge in [0.15, 0.2) is 5.16 Å². The molecule has 1 saturated carbocycles. The number of thioether (sulfide) groups is 1. The molecule has 122 valence electrons. The fourth-order valence-corrected chi connectivity index (χ4v) is 3.49. The van der Waals surface area contributed by atoms with E-state index in [0.29, 0.717) is 27.7 Å². The number of nitrogens with one attached hydrogen (secondary N) is 1. The summed E-state index contributed by atoms with van der Waals surface area (Å²) in [6, 6.07) is 7.98. The SMILES string of the molecule is O=C(Cn1c(CO)cnc1SCc1ccccc1Cl)NC1CC1. The number of aliphatic hydroxyl groups is 1. The van der Waals surface area contributed by atoms with E-state index in [2.05, 4.69) is 10.3 Å². The summed E-state index contributed by atoms with van der Waals surface area (Å²) >= 11 is 7.67. The lowest BCUT2D eigenvalue weighted by Gasteiger charge is -2.11. The number of aliphatic hydroxyl groups excluding tert-OH is 1. The van der Waals surface area contributed by atoms with Gasteiger partial charge in [-0.1, -0.05) is 41.6 Å². The molecule has 2 aromatic rings. The van der Waals surface area contributed by atoms with E-state index in [9.17, 15) is 9.90 Å². The van der Waals surface area contributed by atoms with Crippen LogP contribution >= 0.6 is 23.4 Å². The quantitative estimate of drug-likeness (QED) is 0.752. The second kappa shape index (κ2) is 7.38. The summed E-state index contributed by atoms with van der Waals surface area (Å²) in [4.78, 5) is 16.4. The van der Waals surface area contributed by atoms with Gasteiger partial charge in [0.1, 0.15) is 6.54 Å². The Morgan fingerprint density at radius 3 is 2.91 bits per heavy atom. The second-order valence-corrected chi connectivity index (χ2v) is 6.85. The van der Waals surface area contributed by atoms with E-state index in [1.807, 2.05) is 24.3 Å². The van der Waals surface area contributed by atoms with Crippen LogP contribution in [0, 0.1) is 0 Å². The minimum atomic E-state index is -0.142. The molecule has 1 fully saturated rings. The highest BCUT2D eigenvalue weighted by Gasteiger charge is 2.24. The van der Waals surface area contributed by atoms with Crippen molar-refractivity contribution in [3.05, 3.63) is 46.7 Å². The largest absolute Gasteiger partial charge is 0.390 e. The van der Waals surface area contributed by atoms with Crippen molar-refractivity contribution in [1.29, 1.82) is 0 Å². The highest BCUT2D eigenvalue weighted by atomic mass is 35.5. The van der Waals surface area contributed by atoms with Crippen molar-refractivity contribution in [2.45, 2.75) is 42.9 Å². The van der Waals surface area contributed by atoms with Crippen molar-refractivity contribution in [3.63, 3.8) is 0 Å². The van der Waals surface area contributed by atoms with Gasteiger partial charge >= 0.3 is 0 Å². The van der Waals surface area contributed by atoms with E-state index in [-0.39, 0.29) is 19.1 Å². The maximum atomic E-state index is 12.0. The number of benzene rings is 1. The molecular weight excluding hydrogens is 334 g/mol. The Morgan fingerprint density at radius 1 is 1.43 bits per heavy atom. The molecule has 7 heteroatoms. The van der Waals surface area contributed by atoms with E-state index >= 15 is 0 Å². The number of hydrogen-bond acceptors (Lipinski definition) is 4. The number of hydrogen-bond donors (Lipinski definition) is 2. The smallest absolute Gasteiger partial charge is 0.240 e. The zero-order chi connectivity index (χ0) is 16.2. The molecule has 1 aliphatic rings. The fourth-order valence-electron chi connectivity index (χ4n) is 2.20. The summed E-state index contributed by atoms with van der Waals surface area (Å²) in [5, 5.41) is 13.8. The molecule has 0 saturated heterocycles. The van der Waals surface area contributed by atoms with E-state index in [0.717, 1.165) is 18.4 Å². The summed E-state index contributed by atoms with van der Waals surface area (Å²) < 4.78 is 1.76. The summed E-state index contributed by atoms with van der Waals surface area (Å²) in [5.41, 5.74) is 1.65. The lowest BCUT2D eigenvalue weighted by Crippen LogP contribution is -2.30. The summed E-state index contributed by atoms with van der Waals surface area (Å²) in [5.74, 6) is 0.617. The fraction of sp³-hybridized carbons (Fsp3) is 0.375. The maximum absolute atomic E-state index is 12.0. The monoisotopic (exact) mass is 351 g/mol. The van der Waals surface area contributed by atoms with Gasteiger partial charge in [-0.3, -0.25) is 4.79 Å². The molecule has 1 aromatic carbocycles. The molecule has 0 spiro atoms. The van der Waals surface area contributed by atoms with Crippen LogP contribution in [-0.2, 0) is 23.7 Å². The zero-order valence-electron chi connectivity index (χ0n) is 12.5. The Morgan fingerprint density at radius 2 is 2.22 bits per heavy atom. The number of carbonyl (C=O) groups excluding carboxylic acids is 1. The van der Waals surface area contributed by atoms with Gasteiger partial charge in [-0.15, -0.1) is 0 Å². The molecule has 0 atom stereocenters. The highest BCUT2D eigenvalue weighted by molar-refractivity contribution is 7.98. The van der Waals surface area contributed by atoms with Crippen LogP contribution in [-0.4, -0.2) is 26.6 Å². The molecule has 0 bridgehead atoms. The normalized spacial score (nSPS) is 14.0. The molecule has 23 heavy (non-hydrogen) atoms. The van der Waals surface area contributed by atoms with E-state index in [1.165, 1.54) is 11.8 Å². The van der Waals surface area contributed by atoms with Crippen LogP contribution in [0.3, 0.4) is 0 Å². The third kappa shape index (κ3) is 4.28. The Hall–Kier alpha value is -1.50. The highest BCUT2D eigenvalue weighted by Crippen LogP contribution is 2.27. The van der Waals surface area contributed by atoms with Gasteiger partial charge in [0.2, 0.25) is 5.91 Å². The van der Waals surface area contributed by atoms with Crippen molar-refractivity contribution in [2.24, 2.45) is 0 Å². The van der Waals surface area contributed by atoms with Gasteiger partial charge in [0, 0.05) is 16.8 Å². The van der Waals surface area contributed by atoms with Crippen LogP contribution in [0.2, 0.25) is 5.02 Å². The average Bonchev–Trinajstić information content (AvgIpc) is 3.27. The second-order valence-electron chi connectivity index (χ2n) is 5.50. The minimum Gasteiger partial charge on any atom is -0.390 e. The zero-order valence-corrected chi connectivity index (χ0v) is 14.1. The van der Waals surface area contributed by atoms with Crippen molar-refractivity contribution >= 4 is 29.3 Å². The van der Waals surface area contributed by atoms with E-state index in [1.54, 1.807) is 10.8 Å². The average molecular weight is 352 g/mol. The maximum Gasteiger partial charge on any atom is 0.240 e. The van der Waals surface area contributed by atoms with Crippen LogP contribution in [0.15, 0.2) is 35.6 Å². The van der Waals surface area contributed by atoms with Crippen LogP contribution in [0.4, 0.5) is 0 Å². The summed E-state index contributed by atoms with van der Waals surface area (Å²) in [7, 11) is 0. The van der Waals surface area contributed by atoms with Crippen molar-refractivity contribution < 1.29 is 9.90 Å². The third-order valence-electron chi connectivity index (χ3n) is 3.62. The Balaban J connectivity index is 1.69. The number of carbonyl (C=O) groups is 1. The lowest BCUT2D eigenvalue weighted by atomic mass is 10.2. The van der Waals surface area contributed by atoms with Gasteiger partial charge in [-0.05, 0) is 24.5 Å². The van der Waals surface area contributed by atoms with Crippen LogP contribution in [0.5, 0.6) is 0 Å². The molecular formula is C16H18ClN3O2S. The van der Waals surface area contributed by atoms with E-state index < -0.39 is 0 Å². The van der Waals surface area contributed by atoms with Crippen LogP contribution < -0.4 is 5.32 Å². The predicted molar refractivity (Wildman–Crippen MR) is 90.3 cm³/mol. The Kier molecular flexibility index (Phi) is 5.25. The number of halogens is 1. The molecule has 1 aliphatic carbocycles. The molecule has 1 aromatic heterocycles. The summed E-state index contributed by atoms with van der Waals surface area (Å²) in [6.07, 6.45) is 3.71. The number of rotatable bonds is 7. The molecule has 1 heterocycles. The molecule has 5 nitrogen and oxygen atoms in total. The first-order valence-electron chi connectivity index (χ1n) is 7.48. The minimum absolute atomic E-state index is 0.0419. The van der Waals surface area contributed by atoms with Gasteiger partial charge in [0.25, 0.3) is 0 Å². The van der Waals surface area contributed by atoms with Gasteiger partial charge in [0.05, 0.1) is 18.5 Å². The van der Waals surface area contributed by atoms with Gasteiger partial charge < -0.3 is 15.0 Å². The van der Waals surface area contributed by atoms with Crippen LogP contribution in [0.25, 0.3) is 0 Å². The summed E-state index contributed by atoms with van der Waals surface area (Å²) in [6.45, 7) is 0.0353. The van der Waals surface area contributed by atoms with Crippen molar-refractivity contribution in [1.82, 2.24) is 14.9 Å². The molecule has 0 aliphatic heterocycles. The molecule has 3 rings (SSSR count). The standard InChI is InChI=1S/C16H18ClN3O2S/c17-14-4-2-1-3-11(14)10-23-16-18-7-13(9-21)20(16)8-15(22)19-12-5-6-12/h1-4,7,12,21H,5-6,8-10H2,(H,19,22). The lowest BCUT2D eigenvalue weighted by molar-refractivity contribution is -0.122. The van der Waals surface area contributed by atoms with Crippen LogP contribution in [0.1, 0.15) is 24.1 Å². The number of amides is 1. The third-order valence-corrected chi connectivity index (χ3v) is 5.03. The molecule has 1 amide bonds. The van der Waals surface area contributed by atoms with Crippen molar-refractivity contribution in [2.75, 3.05) is 0 Å².